The van der Waals surface area contributed by atoms with Gasteiger partial charge in [-0.05, 0) is 69.0 Å². The Balaban J connectivity index is 1.74. The number of aromatic nitrogens is 2. The third-order valence-electron chi connectivity index (χ3n) is 5.18. The number of sulfonamides is 1. The summed E-state index contributed by atoms with van der Waals surface area (Å²) in [4.78, 5) is 14.2. The largest absolute Gasteiger partial charge is 0.486 e. The fourth-order valence-electron chi connectivity index (χ4n) is 3.52. The van der Waals surface area contributed by atoms with Gasteiger partial charge < -0.3 is 9.64 Å². The normalized spacial score (nSPS) is 15.8. The number of carbonyl (C=O) groups excluding carboxylic acids is 1. The maximum atomic E-state index is 12.2. The second-order valence-electron chi connectivity index (χ2n) is 7.81. The fourth-order valence-corrected chi connectivity index (χ4v) is 4.95. The molecule has 3 rings (SSSR count). The van der Waals surface area contributed by atoms with Crippen molar-refractivity contribution in [3.8, 4) is 5.75 Å². The van der Waals surface area contributed by atoms with Crippen molar-refractivity contribution in [2.24, 2.45) is 0 Å². The zero-order chi connectivity index (χ0) is 23.8. The van der Waals surface area contributed by atoms with Gasteiger partial charge in [0.2, 0.25) is 10.0 Å². The molecule has 1 aromatic carbocycles. The Labute approximate surface area is 203 Å². The van der Waals surface area contributed by atoms with E-state index in [2.05, 4.69) is 38.3 Å². The van der Waals surface area contributed by atoms with Crippen LogP contribution in [0.3, 0.4) is 0 Å². The van der Waals surface area contributed by atoms with Crippen LogP contribution in [0.2, 0.25) is 0 Å². The number of benzene rings is 1. The summed E-state index contributed by atoms with van der Waals surface area (Å²) < 4.78 is 32.9. The number of amides is 1. The molecule has 1 aliphatic carbocycles. The predicted molar refractivity (Wildman–Crippen MR) is 132 cm³/mol. The van der Waals surface area contributed by atoms with Gasteiger partial charge in [0.25, 0.3) is 5.91 Å². The van der Waals surface area contributed by atoms with Gasteiger partial charge >= 0.3 is 0 Å². The standard InChI is InChI=1S/C23H29BrN4O4S/c1-3-14-33(30,31)27-23(29)20-11-13-22(26-25-20)28(4-2)16-17-15-18(24)10-12-21(17)32-19-8-6-5-7-9-19/h6,8,10-13,15,19H,3-5,7,9,14,16H2,1-2H3,(H,27,29). The molecule has 8 nitrogen and oxygen atoms in total. The van der Waals surface area contributed by atoms with Crippen molar-refractivity contribution < 1.29 is 17.9 Å². The first-order valence-corrected chi connectivity index (χ1v) is 13.5. The Morgan fingerprint density at radius 3 is 2.70 bits per heavy atom. The summed E-state index contributed by atoms with van der Waals surface area (Å²) in [5, 5.41) is 8.12. The molecule has 1 amide bonds. The van der Waals surface area contributed by atoms with Crippen LogP contribution in [0, 0.1) is 0 Å². The highest BCUT2D eigenvalue weighted by Gasteiger charge is 2.19. The number of nitrogens with zero attached hydrogens (tertiary/aromatic N) is 3. The zero-order valence-electron chi connectivity index (χ0n) is 18.8. The Hall–Kier alpha value is -2.46. The van der Waals surface area contributed by atoms with Crippen molar-refractivity contribution in [3.05, 3.63) is 58.2 Å². The number of rotatable bonds is 10. The third-order valence-corrected chi connectivity index (χ3v) is 7.12. The van der Waals surface area contributed by atoms with E-state index in [9.17, 15) is 13.2 Å². The number of ether oxygens (including phenoxy) is 1. The number of carbonyl (C=O) groups is 1. The quantitative estimate of drug-likeness (QED) is 0.453. The smallest absolute Gasteiger partial charge is 0.285 e. The van der Waals surface area contributed by atoms with Gasteiger partial charge in [-0.1, -0.05) is 28.9 Å². The monoisotopic (exact) mass is 536 g/mol. The second kappa shape index (κ2) is 11.6. The predicted octanol–water partition coefficient (Wildman–Crippen LogP) is 4.22. The molecule has 1 unspecified atom stereocenters. The molecule has 2 aromatic rings. The summed E-state index contributed by atoms with van der Waals surface area (Å²) in [6.45, 7) is 4.92. The highest BCUT2D eigenvalue weighted by atomic mass is 79.9. The molecular formula is C23H29BrN4O4S. The van der Waals surface area contributed by atoms with Gasteiger partial charge in [0.15, 0.2) is 11.5 Å². The van der Waals surface area contributed by atoms with Gasteiger partial charge in [-0.15, -0.1) is 10.2 Å². The van der Waals surface area contributed by atoms with Crippen molar-refractivity contribution in [2.75, 3.05) is 17.2 Å². The number of nitrogens with one attached hydrogen (secondary N) is 1. The van der Waals surface area contributed by atoms with Gasteiger partial charge in [0.05, 0.1) is 5.75 Å². The number of hydrogen-bond donors (Lipinski definition) is 1. The summed E-state index contributed by atoms with van der Waals surface area (Å²) in [6, 6.07) is 9.10. The highest BCUT2D eigenvalue weighted by Crippen LogP contribution is 2.28. The van der Waals surface area contributed by atoms with Crippen molar-refractivity contribution in [1.29, 1.82) is 0 Å². The molecule has 1 atom stereocenters. The first-order valence-electron chi connectivity index (χ1n) is 11.1. The van der Waals surface area contributed by atoms with Crippen LogP contribution < -0.4 is 14.4 Å². The average molecular weight is 537 g/mol. The van der Waals surface area contributed by atoms with Gasteiger partial charge in [-0.3, -0.25) is 4.79 Å². The lowest BCUT2D eigenvalue weighted by molar-refractivity contribution is 0.0975. The highest BCUT2D eigenvalue weighted by molar-refractivity contribution is 9.10. The third kappa shape index (κ3) is 7.26. The van der Waals surface area contributed by atoms with Crippen LogP contribution in [0.25, 0.3) is 0 Å². The van der Waals surface area contributed by atoms with Gasteiger partial charge in [-0.2, -0.15) is 0 Å². The molecule has 1 aliphatic rings. The molecule has 0 spiro atoms. The van der Waals surface area contributed by atoms with E-state index in [0.29, 0.717) is 25.3 Å². The van der Waals surface area contributed by atoms with Crippen LogP contribution in [0.15, 0.2) is 47.0 Å². The number of hydrogen-bond acceptors (Lipinski definition) is 7. The van der Waals surface area contributed by atoms with Crippen LogP contribution in [0.5, 0.6) is 5.75 Å². The lowest BCUT2D eigenvalue weighted by atomic mass is 10.1. The van der Waals surface area contributed by atoms with Crippen molar-refractivity contribution in [3.63, 3.8) is 0 Å². The zero-order valence-corrected chi connectivity index (χ0v) is 21.2. The van der Waals surface area contributed by atoms with E-state index in [1.807, 2.05) is 34.7 Å². The minimum absolute atomic E-state index is 0.0509. The number of halogens is 1. The SMILES string of the molecule is CCCS(=O)(=O)NC(=O)c1ccc(N(CC)Cc2cc(Br)ccc2OC2C=CCCC2)nn1. The topological polar surface area (TPSA) is 101 Å². The molecule has 0 fully saturated rings. The molecule has 0 bridgehead atoms. The van der Waals surface area contributed by atoms with Gasteiger partial charge in [-0.25, -0.2) is 13.1 Å². The first-order chi connectivity index (χ1) is 15.8. The minimum Gasteiger partial charge on any atom is -0.486 e. The Morgan fingerprint density at radius 2 is 2.06 bits per heavy atom. The summed E-state index contributed by atoms with van der Waals surface area (Å²) in [6.07, 6.45) is 7.95. The van der Waals surface area contributed by atoms with E-state index < -0.39 is 15.9 Å². The molecule has 10 heteroatoms. The fraction of sp³-hybridized carbons (Fsp3) is 0.435. The molecule has 0 saturated carbocycles. The summed E-state index contributed by atoms with van der Waals surface area (Å²) in [5.41, 5.74) is 0.949. The van der Waals surface area contributed by atoms with E-state index in [0.717, 1.165) is 35.0 Å². The Morgan fingerprint density at radius 1 is 1.24 bits per heavy atom. The van der Waals surface area contributed by atoms with Crippen LogP contribution in [0.4, 0.5) is 5.82 Å². The molecule has 1 aromatic heterocycles. The molecule has 1 N–H and O–H groups in total. The van der Waals surface area contributed by atoms with Gasteiger partial charge in [0.1, 0.15) is 11.9 Å². The second-order valence-corrected chi connectivity index (χ2v) is 10.6. The summed E-state index contributed by atoms with van der Waals surface area (Å²) in [7, 11) is -3.67. The van der Waals surface area contributed by atoms with Crippen LogP contribution >= 0.6 is 15.9 Å². The van der Waals surface area contributed by atoms with Gasteiger partial charge in [0, 0.05) is 23.1 Å². The van der Waals surface area contributed by atoms with Crippen molar-refractivity contribution >= 4 is 37.7 Å². The van der Waals surface area contributed by atoms with E-state index >= 15 is 0 Å². The molecular weight excluding hydrogens is 508 g/mol. The van der Waals surface area contributed by atoms with E-state index in [-0.39, 0.29) is 17.6 Å². The van der Waals surface area contributed by atoms with Crippen molar-refractivity contribution in [1.82, 2.24) is 14.9 Å². The average Bonchev–Trinajstić information content (AvgIpc) is 2.79. The Kier molecular flexibility index (Phi) is 8.85. The molecule has 0 saturated heterocycles. The molecule has 1 heterocycles. The molecule has 0 radical (unpaired) electrons. The first kappa shape index (κ1) is 25.2. The van der Waals surface area contributed by atoms with Crippen LogP contribution in [0.1, 0.15) is 55.6 Å². The Bertz CT molecular complexity index is 1090. The molecule has 0 aliphatic heterocycles. The lowest BCUT2D eigenvalue weighted by Crippen LogP contribution is -2.33. The number of allylic oxidation sites excluding steroid dienone is 1. The summed E-state index contributed by atoms with van der Waals surface area (Å²) >= 11 is 3.54. The molecule has 33 heavy (non-hydrogen) atoms. The van der Waals surface area contributed by atoms with Crippen LogP contribution in [-0.2, 0) is 16.6 Å². The minimum atomic E-state index is -3.67. The molecule has 178 valence electrons. The lowest BCUT2D eigenvalue weighted by Gasteiger charge is -2.25. The maximum absolute atomic E-state index is 12.2. The number of anilines is 1. The summed E-state index contributed by atoms with van der Waals surface area (Å²) in [5.74, 6) is 0.489. The van der Waals surface area contributed by atoms with E-state index in [1.165, 1.54) is 6.07 Å². The van der Waals surface area contributed by atoms with E-state index in [1.54, 1.807) is 13.0 Å². The van der Waals surface area contributed by atoms with Crippen molar-refractivity contribution in [2.45, 2.75) is 52.2 Å². The van der Waals surface area contributed by atoms with E-state index in [4.69, 9.17) is 4.74 Å². The maximum Gasteiger partial charge on any atom is 0.285 e. The van der Waals surface area contributed by atoms with Crippen LogP contribution in [-0.4, -0.2) is 42.9 Å².